The van der Waals surface area contributed by atoms with Crippen LogP contribution in [0.15, 0.2) is 42.5 Å². The van der Waals surface area contributed by atoms with E-state index in [0.29, 0.717) is 24.4 Å². The molecule has 2 heterocycles. The number of hydrogen-bond donors (Lipinski definition) is 2. The largest absolute Gasteiger partial charge is 0.508 e. The number of nitrogens with zero attached hydrogens (tertiary/aromatic N) is 2. The normalized spacial score (nSPS) is 20.7. The zero-order valence-corrected chi connectivity index (χ0v) is 16.0. The number of phenols is 1. The molecule has 0 bridgehead atoms. The molecule has 0 aromatic heterocycles. The van der Waals surface area contributed by atoms with E-state index >= 15 is 0 Å². The second kappa shape index (κ2) is 7.81. The highest BCUT2D eigenvalue weighted by Gasteiger charge is 2.29. The number of β-amino-alcohol motifs (C(OH)–C–C–N with tert-alkyl or cyclic N) is 1. The summed E-state index contributed by atoms with van der Waals surface area (Å²) < 4.78 is 5.79. The number of aliphatic hydroxyl groups is 1. The van der Waals surface area contributed by atoms with Crippen LogP contribution < -0.4 is 4.74 Å². The molecule has 2 N–H and O–H groups in total. The number of hydrogen-bond acceptors (Lipinski definition) is 5. The maximum atomic E-state index is 12.9. The van der Waals surface area contributed by atoms with E-state index in [1.54, 1.807) is 11.0 Å². The molecule has 0 radical (unpaired) electrons. The number of amides is 1. The van der Waals surface area contributed by atoms with Crippen LogP contribution in [0.3, 0.4) is 0 Å². The van der Waals surface area contributed by atoms with Crippen molar-refractivity contribution in [2.75, 3.05) is 26.2 Å². The Balaban J connectivity index is 1.42. The fourth-order valence-corrected chi connectivity index (χ4v) is 4.08. The Hall–Kier alpha value is -2.57. The summed E-state index contributed by atoms with van der Waals surface area (Å²) in [7, 11) is 0. The first-order valence-corrected chi connectivity index (χ1v) is 9.76. The number of phenolic OH excluding ortho intramolecular Hbond substituents is 1. The summed E-state index contributed by atoms with van der Waals surface area (Å²) in [5, 5.41) is 20.3. The lowest BCUT2D eigenvalue weighted by atomic mass is 10.00. The standard InChI is InChI=1S/C22H26N2O4/c1-15-11-24(22(27)20-7-6-18(25)10-21(20)28-15)14-19(26)13-23-9-8-16-4-2-3-5-17(16)12-23/h2-7,10,15,19,25-26H,8-9,11-14H2,1H3/t15-,19-/m1/s1. The van der Waals surface area contributed by atoms with Gasteiger partial charge in [0, 0.05) is 32.2 Å². The molecule has 2 atom stereocenters. The Kier molecular flexibility index (Phi) is 5.24. The first kappa shape index (κ1) is 18.8. The van der Waals surface area contributed by atoms with Crippen LogP contribution >= 0.6 is 0 Å². The molecule has 2 aliphatic rings. The number of carbonyl (C=O) groups is 1. The van der Waals surface area contributed by atoms with Crippen molar-refractivity contribution in [3.05, 3.63) is 59.2 Å². The van der Waals surface area contributed by atoms with Crippen molar-refractivity contribution in [2.45, 2.75) is 32.1 Å². The van der Waals surface area contributed by atoms with Gasteiger partial charge in [-0.05, 0) is 36.6 Å². The molecule has 28 heavy (non-hydrogen) atoms. The van der Waals surface area contributed by atoms with E-state index in [1.165, 1.54) is 23.3 Å². The minimum atomic E-state index is -0.639. The third kappa shape index (κ3) is 3.98. The summed E-state index contributed by atoms with van der Waals surface area (Å²) in [5.74, 6) is 0.280. The molecule has 6 nitrogen and oxygen atoms in total. The van der Waals surface area contributed by atoms with Crippen molar-refractivity contribution in [1.29, 1.82) is 0 Å². The van der Waals surface area contributed by atoms with Crippen LogP contribution in [0.1, 0.15) is 28.4 Å². The minimum Gasteiger partial charge on any atom is -0.508 e. The molecule has 2 aromatic rings. The van der Waals surface area contributed by atoms with Crippen LogP contribution in [0.25, 0.3) is 0 Å². The molecule has 1 amide bonds. The predicted octanol–water partition coefficient (Wildman–Crippen LogP) is 2.03. The summed E-state index contributed by atoms with van der Waals surface area (Å²) in [6.07, 6.45) is 0.119. The quantitative estimate of drug-likeness (QED) is 0.847. The molecule has 0 unspecified atom stereocenters. The van der Waals surface area contributed by atoms with Crippen molar-refractivity contribution < 1.29 is 19.7 Å². The fraction of sp³-hybridized carbons (Fsp3) is 0.409. The van der Waals surface area contributed by atoms with Crippen molar-refractivity contribution in [3.63, 3.8) is 0 Å². The number of carbonyl (C=O) groups excluding carboxylic acids is 1. The second-order valence-electron chi connectivity index (χ2n) is 7.73. The Bertz CT molecular complexity index is 869. The Labute approximate surface area is 165 Å². The van der Waals surface area contributed by atoms with E-state index in [1.807, 2.05) is 13.0 Å². The number of benzene rings is 2. The van der Waals surface area contributed by atoms with Gasteiger partial charge in [-0.3, -0.25) is 9.69 Å². The van der Waals surface area contributed by atoms with Gasteiger partial charge >= 0.3 is 0 Å². The summed E-state index contributed by atoms with van der Waals surface area (Å²) >= 11 is 0. The van der Waals surface area contributed by atoms with Gasteiger partial charge in [0.25, 0.3) is 5.91 Å². The molecule has 148 valence electrons. The molecule has 6 heteroatoms. The average Bonchev–Trinajstić information content (AvgIpc) is 2.77. The fourth-order valence-electron chi connectivity index (χ4n) is 4.08. The molecule has 4 rings (SSSR count). The monoisotopic (exact) mass is 382 g/mol. The van der Waals surface area contributed by atoms with Crippen molar-refractivity contribution in [2.24, 2.45) is 0 Å². The van der Waals surface area contributed by atoms with E-state index in [-0.39, 0.29) is 24.3 Å². The zero-order valence-electron chi connectivity index (χ0n) is 16.0. The van der Waals surface area contributed by atoms with E-state index < -0.39 is 6.10 Å². The van der Waals surface area contributed by atoms with E-state index in [0.717, 1.165) is 19.5 Å². The summed E-state index contributed by atoms with van der Waals surface area (Å²) in [6.45, 7) is 4.79. The molecular formula is C22H26N2O4. The van der Waals surface area contributed by atoms with Crippen LogP contribution in [0.2, 0.25) is 0 Å². The van der Waals surface area contributed by atoms with Crippen LogP contribution in [-0.4, -0.2) is 64.3 Å². The first-order valence-electron chi connectivity index (χ1n) is 9.76. The van der Waals surface area contributed by atoms with Crippen molar-refractivity contribution in [1.82, 2.24) is 9.80 Å². The van der Waals surface area contributed by atoms with E-state index in [4.69, 9.17) is 4.74 Å². The Morgan fingerprint density at radius 3 is 2.79 bits per heavy atom. The van der Waals surface area contributed by atoms with Gasteiger partial charge in [0.2, 0.25) is 0 Å². The second-order valence-corrected chi connectivity index (χ2v) is 7.73. The van der Waals surface area contributed by atoms with Crippen LogP contribution in [0.5, 0.6) is 11.5 Å². The number of aromatic hydroxyl groups is 1. The average molecular weight is 382 g/mol. The van der Waals surface area contributed by atoms with Gasteiger partial charge in [0.1, 0.15) is 17.6 Å². The van der Waals surface area contributed by atoms with Crippen LogP contribution in [0, 0.1) is 0 Å². The van der Waals surface area contributed by atoms with E-state index in [9.17, 15) is 15.0 Å². The molecule has 2 aromatic carbocycles. The lowest BCUT2D eigenvalue weighted by molar-refractivity contribution is 0.0454. The Morgan fingerprint density at radius 1 is 1.18 bits per heavy atom. The lowest BCUT2D eigenvalue weighted by Gasteiger charge is -2.32. The summed E-state index contributed by atoms with van der Waals surface area (Å²) in [6, 6.07) is 12.9. The number of rotatable bonds is 4. The molecule has 2 aliphatic heterocycles. The molecule has 0 saturated carbocycles. The van der Waals surface area contributed by atoms with Gasteiger partial charge in [-0.25, -0.2) is 0 Å². The van der Waals surface area contributed by atoms with Gasteiger partial charge in [0.15, 0.2) is 0 Å². The first-order chi connectivity index (χ1) is 13.5. The molecule has 0 saturated heterocycles. The smallest absolute Gasteiger partial charge is 0.257 e. The summed E-state index contributed by atoms with van der Waals surface area (Å²) in [4.78, 5) is 16.8. The number of fused-ring (bicyclic) bond motifs is 2. The third-order valence-corrected chi connectivity index (χ3v) is 5.40. The number of aliphatic hydroxyl groups excluding tert-OH is 1. The van der Waals surface area contributed by atoms with Crippen LogP contribution in [-0.2, 0) is 13.0 Å². The highest BCUT2D eigenvalue weighted by Crippen LogP contribution is 2.29. The molecular weight excluding hydrogens is 356 g/mol. The topological polar surface area (TPSA) is 73.2 Å². The molecule has 0 spiro atoms. The highest BCUT2D eigenvalue weighted by atomic mass is 16.5. The summed E-state index contributed by atoms with van der Waals surface area (Å²) in [5.41, 5.74) is 3.10. The van der Waals surface area contributed by atoms with Gasteiger partial charge in [-0.1, -0.05) is 24.3 Å². The van der Waals surface area contributed by atoms with Crippen LogP contribution in [0.4, 0.5) is 0 Å². The minimum absolute atomic E-state index is 0.0672. The maximum absolute atomic E-state index is 12.9. The van der Waals surface area contributed by atoms with E-state index in [2.05, 4.69) is 23.1 Å². The van der Waals surface area contributed by atoms with Crippen molar-refractivity contribution in [3.8, 4) is 11.5 Å². The highest BCUT2D eigenvalue weighted by molar-refractivity contribution is 5.97. The zero-order chi connectivity index (χ0) is 19.7. The Morgan fingerprint density at radius 2 is 1.96 bits per heavy atom. The van der Waals surface area contributed by atoms with Gasteiger partial charge in [-0.2, -0.15) is 0 Å². The molecule has 0 aliphatic carbocycles. The van der Waals surface area contributed by atoms with Gasteiger partial charge in [0.05, 0.1) is 18.2 Å². The predicted molar refractivity (Wildman–Crippen MR) is 106 cm³/mol. The van der Waals surface area contributed by atoms with Gasteiger partial charge < -0.3 is 19.8 Å². The van der Waals surface area contributed by atoms with Gasteiger partial charge in [-0.15, -0.1) is 0 Å². The SMILES string of the molecule is C[C@@H]1CN(C[C@H](O)CN2CCc3ccccc3C2)C(=O)c2ccc(O)cc2O1. The number of ether oxygens (including phenoxy) is 1. The third-order valence-electron chi connectivity index (χ3n) is 5.40. The molecule has 0 fully saturated rings. The van der Waals surface area contributed by atoms with Crippen molar-refractivity contribution >= 4 is 5.91 Å². The maximum Gasteiger partial charge on any atom is 0.257 e. The lowest BCUT2D eigenvalue weighted by Crippen LogP contribution is -2.45.